The Bertz CT molecular complexity index is 907. The molecule has 3 rings (SSSR count). The number of nitriles is 1. The lowest BCUT2D eigenvalue weighted by molar-refractivity contribution is 0.517. The number of rotatable bonds is 3. The molecule has 2 aromatic carbocycles. The molecule has 0 unspecified atom stereocenters. The second-order valence-electron chi connectivity index (χ2n) is 5.49. The molecule has 4 nitrogen and oxygen atoms in total. The van der Waals surface area contributed by atoms with Crippen LogP contribution in [0.5, 0.6) is 0 Å². The second kappa shape index (κ2) is 5.90. The lowest BCUT2D eigenvalue weighted by atomic mass is 10.0. The van der Waals surface area contributed by atoms with Gasteiger partial charge in [-0.25, -0.2) is 8.42 Å². The van der Waals surface area contributed by atoms with Crippen LogP contribution in [0.1, 0.15) is 23.1 Å². The van der Waals surface area contributed by atoms with Crippen LogP contribution in [0.25, 0.3) is 5.57 Å². The molecule has 0 spiro atoms. The van der Waals surface area contributed by atoms with Crippen LogP contribution in [0, 0.1) is 18.3 Å². The van der Waals surface area contributed by atoms with E-state index in [1.54, 1.807) is 42.6 Å². The van der Waals surface area contributed by atoms with E-state index in [1.807, 2.05) is 19.1 Å². The molecule has 1 aliphatic rings. The fourth-order valence-corrected chi connectivity index (χ4v) is 3.98. The van der Waals surface area contributed by atoms with E-state index in [9.17, 15) is 13.7 Å². The molecule has 5 heteroatoms. The first-order chi connectivity index (χ1) is 11.0. The number of benzene rings is 2. The zero-order chi connectivity index (χ0) is 16.4. The topological polar surface area (TPSA) is 61.2 Å². The van der Waals surface area contributed by atoms with Gasteiger partial charge in [-0.05, 0) is 42.7 Å². The summed E-state index contributed by atoms with van der Waals surface area (Å²) in [5.74, 6) is 0. The van der Waals surface area contributed by atoms with Crippen molar-refractivity contribution in [3.8, 4) is 6.07 Å². The Morgan fingerprint density at radius 1 is 1.09 bits per heavy atom. The van der Waals surface area contributed by atoms with Gasteiger partial charge in [0, 0.05) is 12.7 Å². The minimum atomic E-state index is -3.54. The molecule has 0 saturated heterocycles. The van der Waals surface area contributed by atoms with Crippen LogP contribution in [-0.4, -0.2) is 19.3 Å². The number of aryl methyl sites for hydroxylation is 1. The largest absolute Gasteiger partial charge is 0.273 e. The Balaban J connectivity index is 1.96. The highest BCUT2D eigenvalue weighted by atomic mass is 32.2. The van der Waals surface area contributed by atoms with Gasteiger partial charge in [0.25, 0.3) is 10.0 Å². The highest BCUT2D eigenvalue weighted by molar-refractivity contribution is 7.89. The fraction of sp³-hybridized carbons (Fsp3) is 0.167. The van der Waals surface area contributed by atoms with Gasteiger partial charge in [0.2, 0.25) is 0 Å². The molecule has 0 N–H and O–H groups in total. The monoisotopic (exact) mass is 324 g/mol. The Morgan fingerprint density at radius 3 is 2.48 bits per heavy atom. The van der Waals surface area contributed by atoms with E-state index < -0.39 is 10.0 Å². The minimum absolute atomic E-state index is 0.286. The predicted octanol–water partition coefficient (Wildman–Crippen LogP) is 3.30. The Morgan fingerprint density at radius 2 is 1.78 bits per heavy atom. The van der Waals surface area contributed by atoms with Crippen molar-refractivity contribution in [2.75, 3.05) is 6.54 Å². The van der Waals surface area contributed by atoms with Crippen LogP contribution >= 0.6 is 0 Å². The zero-order valence-corrected chi connectivity index (χ0v) is 13.5. The quantitative estimate of drug-likeness (QED) is 0.870. The van der Waals surface area contributed by atoms with Crippen molar-refractivity contribution in [2.45, 2.75) is 18.2 Å². The van der Waals surface area contributed by atoms with E-state index in [0.717, 1.165) is 16.7 Å². The maximum Gasteiger partial charge on any atom is 0.263 e. The molecule has 1 heterocycles. The Kier molecular flexibility index (Phi) is 3.93. The summed E-state index contributed by atoms with van der Waals surface area (Å²) < 4.78 is 26.7. The molecule has 0 aromatic heterocycles. The SMILES string of the molecule is Cc1ccc(S(=O)(=O)N2C=C(c3ccccc3C#N)CC2)cc1. The summed E-state index contributed by atoms with van der Waals surface area (Å²) in [4.78, 5) is 0.286. The van der Waals surface area contributed by atoms with Gasteiger partial charge in [-0.2, -0.15) is 5.26 Å². The van der Waals surface area contributed by atoms with E-state index >= 15 is 0 Å². The Hall–Kier alpha value is -2.58. The van der Waals surface area contributed by atoms with Crippen molar-refractivity contribution >= 4 is 15.6 Å². The van der Waals surface area contributed by atoms with Gasteiger partial charge < -0.3 is 0 Å². The first-order valence-electron chi connectivity index (χ1n) is 7.31. The van der Waals surface area contributed by atoms with Crippen LogP contribution in [0.3, 0.4) is 0 Å². The van der Waals surface area contributed by atoms with Gasteiger partial charge in [-0.15, -0.1) is 0 Å². The number of hydrogen-bond acceptors (Lipinski definition) is 3. The van der Waals surface area contributed by atoms with Gasteiger partial charge in [-0.1, -0.05) is 35.9 Å². The van der Waals surface area contributed by atoms with Gasteiger partial charge >= 0.3 is 0 Å². The van der Waals surface area contributed by atoms with Crippen molar-refractivity contribution in [1.82, 2.24) is 4.31 Å². The summed E-state index contributed by atoms with van der Waals surface area (Å²) >= 11 is 0. The third-order valence-corrected chi connectivity index (χ3v) is 5.70. The number of hydrogen-bond donors (Lipinski definition) is 0. The average molecular weight is 324 g/mol. The molecule has 0 bridgehead atoms. The molecule has 0 amide bonds. The summed E-state index contributed by atoms with van der Waals surface area (Å²) in [7, 11) is -3.54. The van der Waals surface area contributed by atoms with E-state index in [-0.39, 0.29) is 4.90 Å². The highest BCUT2D eigenvalue weighted by Gasteiger charge is 2.27. The molecule has 116 valence electrons. The number of nitrogens with zero attached hydrogens (tertiary/aromatic N) is 2. The molecule has 0 aliphatic carbocycles. The van der Waals surface area contributed by atoms with Crippen LogP contribution in [0.4, 0.5) is 0 Å². The van der Waals surface area contributed by atoms with Gasteiger partial charge in [-0.3, -0.25) is 4.31 Å². The second-order valence-corrected chi connectivity index (χ2v) is 7.38. The molecule has 0 fully saturated rings. The van der Waals surface area contributed by atoms with Crippen LogP contribution in [0.15, 0.2) is 59.6 Å². The smallest absolute Gasteiger partial charge is 0.263 e. The molecule has 0 saturated carbocycles. The molecule has 0 atom stereocenters. The minimum Gasteiger partial charge on any atom is -0.273 e. The molecule has 1 aliphatic heterocycles. The van der Waals surface area contributed by atoms with E-state index in [0.29, 0.717) is 18.5 Å². The molecule has 2 aromatic rings. The lowest BCUT2D eigenvalue weighted by Crippen LogP contribution is -2.23. The Labute approximate surface area is 136 Å². The van der Waals surface area contributed by atoms with Crippen LogP contribution in [0.2, 0.25) is 0 Å². The highest BCUT2D eigenvalue weighted by Crippen LogP contribution is 2.30. The normalized spacial score (nSPS) is 14.4. The summed E-state index contributed by atoms with van der Waals surface area (Å²) in [5.41, 5.74) is 3.26. The van der Waals surface area contributed by atoms with Gasteiger partial charge in [0.1, 0.15) is 0 Å². The summed E-state index contributed by atoms with van der Waals surface area (Å²) in [5, 5.41) is 9.20. The van der Waals surface area contributed by atoms with E-state index in [2.05, 4.69) is 6.07 Å². The third kappa shape index (κ3) is 2.86. The molecular formula is C18H16N2O2S. The maximum absolute atomic E-state index is 12.7. The maximum atomic E-state index is 12.7. The summed E-state index contributed by atoms with van der Waals surface area (Å²) in [6.07, 6.45) is 2.25. The van der Waals surface area contributed by atoms with E-state index in [1.165, 1.54) is 4.31 Å². The van der Waals surface area contributed by atoms with Crippen LogP contribution < -0.4 is 0 Å². The van der Waals surface area contributed by atoms with Crippen molar-refractivity contribution in [3.05, 3.63) is 71.4 Å². The van der Waals surface area contributed by atoms with Crippen LogP contribution in [-0.2, 0) is 10.0 Å². The van der Waals surface area contributed by atoms with Crippen molar-refractivity contribution < 1.29 is 8.42 Å². The first-order valence-corrected chi connectivity index (χ1v) is 8.75. The fourth-order valence-electron chi connectivity index (χ4n) is 2.63. The number of sulfonamides is 1. The van der Waals surface area contributed by atoms with Gasteiger partial charge in [0.15, 0.2) is 0 Å². The third-order valence-electron chi connectivity index (χ3n) is 3.92. The summed E-state index contributed by atoms with van der Waals surface area (Å²) in [6.45, 7) is 2.31. The predicted molar refractivity (Wildman–Crippen MR) is 88.8 cm³/mol. The average Bonchev–Trinajstić information content (AvgIpc) is 3.06. The zero-order valence-electron chi connectivity index (χ0n) is 12.7. The molecule has 0 radical (unpaired) electrons. The first kappa shape index (κ1) is 15.3. The van der Waals surface area contributed by atoms with E-state index in [4.69, 9.17) is 0 Å². The summed E-state index contributed by atoms with van der Waals surface area (Å²) in [6, 6.07) is 16.2. The van der Waals surface area contributed by atoms with Crippen molar-refractivity contribution in [1.29, 1.82) is 5.26 Å². The van der Waals surface area contributed by atoms with Gasteiger partial charge in [0.05, 0.1) is 16.5 Å². The molecule has 23 heavy (non-hydrogen) atoms. The molecular weight excluding hydrogens is 308 g/mol. The lowest BCUT2D eigenvalue weighted by Gasteiger charge is -2.15. The van der Waals surface area contributed by atoms with Crippen molar-refractivity contribution in [2.24, 2.45) is 0 Å². The standard InChI is InChI=1S/C18H16N2O2S/c1-14-6-8-17(9-7-14)23(21,22)20-11-10-16(13-20)18-5-3-2-4-15(18)12-19/h2-9,13H,10-11H2,1H3. The van der Waals surface area contributed by atoms with Crippen molar-refractivity contribution in [3.63, 3.8) is 0 Å².